The van der Waals surface area contributed by atoms with Crippen molar-refractivity contribution in [3.63, 3.8) is 0 Å². The number of nitrogens with one attached hydrogen (secondary N) is 1. The number of hydrogen-bond acceptors (Lipinski definition) is 4. The normalized spacial score (nSPS) is 11.8. The van der Waals surface area contributed by atoms with Crippen LogP contribution in [0.5, 0.6) is 0 Å². The van der Waals surface area contributed by atoms with Crippen LogP contribution in [0.4, 0.5) is 33.6 Å². The Balaban J connectivity index is 3.09. The molecule has 9 heteroatoms. The van der Waals surface area contributed by atoms with Gasteiger partial charge in [-0.15, -0.1) is 0 Å². The van der Waals surface area contributed by atoms with Crippen LogP contribution >= 0.6 is 0 Å². The molecule has 1 rings (SSSR count). The van der Waals surface area contributed by atoms with Gasteiger partial charge in [0.1, 0.15) is 11.6 Å². The Morgan fingerprint density at radius 1 is 1.30 bits per heavy atom. The van der Waals surface area contributed by atoms with Gasteiger partial charge in [0.05, 0.1) is 6.54 Å². The predicted octanol–water partition coefficient (Wildman–Crippen LogP) is 3.02. The molecule has 0 fully saturated rings. The van der Waals surface area contributed by atoms with Crippen LogP contribution in [-0.2, 0) is 6.18 Å². The van der Waals surface area contributed by atoms with E-state index in [9.17, 15) is 22.0 Å². The molecule has 1 aromatic rings. The summed E-state index contributed by atoms with van der Waals surface area (Å²) in [4.78, 5) is 7.58. The zero-order valence-corrected chi connectivity index (χ0v) is 11.0. The van der Waals surface area contributed by atoms with Crippen molar-refractivity contribution in [3.8, 4) is 0 Å². The van der Waals surface area contributed by atoms with Crippen molar-refractivity contribution >= 4 is 11.6 Å². The van der Waals surface area contributed by atoms with E-state index in [1.165, 1.54) is 13.1 Å². The average molecular weight is 298 g/mol. The zero-order valence-electron chi connectivity index (χ0n) is 11.0. The van der Waals surface area contributed by atoms with E-state index in [4.69, 9.17) is 0 Å². The first-order valence-electron chi connectivity index (χ1n) is 5.93. The second kappa shape index (κ2) is 6.67. The summed E-state index contributed by atoms with van der Waals surface area (Å²) >= 11 is 0. The second-order valence-electron chi connectivity index (χ2n) is 4.13. The van der Waals surface area contributed by atoms with Crippen molar-refractivity contribution in [2.45, 2.75) is 25.9 Å². The number of hydrogen-bond donors (Lipinski definition) is 1. The molecule has 0 aromatic carbocycles. The molecule has 0 bridgehead atoms. The number of aromatic nitrogens is 2. The molecule has 4 nitrogen and oxygen atoms in total. The smallest absolute Gasteiger partial charge is 0.370 e. The average Bonchev–Trinajstić information content (AvgIpc) is 2.34. The monoisotopic (exact) mass is 298 g/mol. The minimum Gasteiger partial charge on any atom is -0.370 e. The van der Waals surface area contributed by atoms with Crippen LogP contribution in [0.1, 0.15) is 19.2 Å². The van der Waals surface area contributed by atoms with Crippen molar-refractivity contribution in [3.05, 3.63) is 11.9 Å². The lowest BCUT2D eigenvalue weighted by atomic mass is 10.4. The maximum Gasteiger partial charge on any atom is 0.451 e. The van der Waals surface area contributed by atoms with E-state index in [-0.39, 0.29) is 11.6 Å². The predicted molar refractivity (Wildman–Crippen MR) is 65.1 cm³/mol. The van der Waals surface area contributed by atoms with Crippen molar-refractivity contribution in [1.29, 1.82) is 0 Å². The lowest BCUT2D eigenvalue weighted by Crippen LogP contribution is -2.26. The fraction of sp³-hybridized carbons (Fsp3) is 0.636. The summed E-state index contributed by atoms with van der Waals surface area (Å²) in [6, 6.07) is 1.22. The SMILES string of the molecule is CCCNc1cc(N(C)CC(F)F)nc(C(F)(F)F)n1. The van der Waals surface area contributed by atoms with Crippen LogP contribution in [0.2, 0.25) is 0 Å². The topological polar surface area (TPSA) is 41.0 Å². The third-order valence-electron chi connectivity index (χ3n) is 2.33. The van der Waals surface area contributed by atoms with Crippen LogP contribution < -0.4 is 10.2 Å². The van der Waals surface area contributed by atoms with E-state index in [0.29, 0.717) is 13.0 Å². The summed E-state index contributed by atoms with van der Waals surface area (Å²) in [5.41, 5.74) is 0. The molecular weight excluding hydrogens is 283 g/mol. The molecule has 114 valence electrons. The maximum absolute atomic E-state index is 12.7. The summed E-state index contributed by atoms with van der Waals surface area (Å²) < 4.78 is 62.6. The van der Waals surface area contributed by atoms with Gasteiger partial charge in [-0.25, -0.2) is 18.7 Å². The Kier molecular flexibility index (Phi) is 5.46. The molecule has 0 aliphatic carbocycles. The largest absolute Gasteiger partial charge is 0.451 e. The summed E-state index contributed by atoms with van der Waals surface area (Å²) in [6.07, 6.45) is -6.71. The van der Waals surface area contributed by atoms with Crippen LogP contribution in [0.25, 0.3) is 0 Å². The van der Waals surface area contributed by atoms with E-state index in [2.05, 4.69) is 15.3 Å². The minimum absolute atomic E-state index is 0.0368. The fourth-order valence-corrected chi connectivity index (χ4v) is 1.40. The van der Waals surface area contributed by atoms with E-state index >= 15 is 0 Å². The first-order valence-corrected chi connectivity index (χ1v) is 5.93. The Bertz CT molecular complexity index is 435. The van der Waals surface area contributed by atoms with Gasteiger partial charge in [0.15, 0.2) is 0 Å². The van der Waals surface area contributed by atoms with Crippen LogP contribution in [0, 0.1) is 0 Å². The van der Waals surface area contributed by atoms with Gasteiger partial charge < -0.3 is 10.2 Å². The van der Waals surface area contributed by atoms with Gasteiger partial charge in [-0.3, -0.25) is 0 Å². The molecule has 0 atom stereocenters. The Morgan fingerprint density at radius 3 is 2.45 bits per heavy atom. The highest BCUT2D eigenvalue weighted by molar-refractivity contribution is 5.49. The van der Waals surface area contributed by atoms with Gasteiger partial charge in [-0.2, -0.15) is 13.2 Å². The highest BCUT2D eigenvalue weighted by Gasteiger charge is 2.35. The van der Waals surface area contributed by atoms with Gasteiger partial charge in [-0.1, -0.05) is 6.92 Å². The molecule has 0 aliphatic rings. The van der Waals surface area contributed by atoms with E-state index in [1.807, 2.05) is 6.92 Å². The van der Waals surface area contributed by atoms with Crippen molar-refractivity contribution in [1.82, 2.24) is 9.97 Å². The molecular formula is C11H15F5N4. The van der Waals surface area contributed by atoms with Gasteiger partial charge in [0.2, 0.25) is 5.82 Å². The number of nitrogens with zero attached hydrogens (tertiary/aromatic N) is 3. The molecule has 0 aliphatic heterocycles. The lowest BCUT2D eigenvalue weighted by molar-refractivity contribution is -0.144. The molecule has 0 radical (unpaired) electrons. The quantitative estimate of drug-likeness (QED) is 0.820. The highest BCUT2D eigenvalue weighted by Crippen LogP contribution is 2.29. The molecule has 0 unspecified atom stereocenters. The lowest BCUT2D eigenvalue weighted by Gasteiger charge is -2.19. The second-order valence-corrected chi connectivity index (χ2v) is 4.13. The molecule has 0 amide bonds. The molecule has 1 aromatic heterocycles. The van der Waals surface area contributed by atoms with E-state index < -0.39 is 25.0 Å². The Hall–Kier alpha value is -1.67. The number of halogens is 5. The Morgan fingerprint density at radius 2 is 1.95 bits per heavy atom. The number of alkyl halides is 5. The molecule has 1 heterocycles. The summed E-state index contributed by atoms with van der Waals surface area (Å²) in [5.74, 6) is -1.59. The first kappa shape index (κ1) is 16.4. The number of anilines is 2. The van der Waals surface area contributed by atoms with Crippen LogP contribution in [0.15, 0.2) is 6.07 Å². The van der Waals surface area contributed by atoms with Crippen molar-refractivity contribution < 1.29 is 22.0 Å². The molecule has 1 N–H and O–H groups in total. The summed E-state index contributed by atoms with van der Waals surface area (Å²) in [6.45, 7) is 1.55. The van der Waals surface area contributed by atoms with Crippen molar-refractivity contribution in [2.24, 2.45) is 0 Å². The summed E-state index contributed by atoms with van der Waals surface area (Å²) in [5, 5.41) is 2.69. The highest BCUT2D eigenvalue weighted by atomic mass is 19.4. The number of rotatable bonds is 6. The van der Waals surface area contributed by atoms with Crippen molar-refractivity contribution in [2.75, 3.05) is 30.4 Å². The maximum atomic E-state index is 12.7. The fourth-order valence-electron chi connectivity index (χ4n) is 1.40. The van der Waals surface area contributed by atoms with Gasteiger partial charge in [0.25, 0.3) is 6.43 Å². The van der Waals surface area contributed by atoms with Gasteiger partial charge >= 0.3 is 6.18 Å². The molecule has 20 heavy (non-hydrogen) atoms. The van der Waals surface area contributed by atoms with Crippen LogP contribution in [0.3, 0.4) is 0 Å². The summed E-state index contributed by atoms with van der Waals surface area (Å²) in [7, 11) is 1.25. The van der Waals surface area contributed by atoms with E-state index in [1.54, 1.807) is 0 Å². The standard InChI is InChI=1S/C11H15F5N4/c1-3-4-17-8-5-9(20(2)6-7(12)13)19-10(18-8)11(14,15)16/h5,7H,3-4,6H2,1-2H3,(H,17,18,19). The molecule has 0 saturated heterocycles. The third kappa shape index (κ3) is 4.78. The van der Waals surface area contributed by atoms with E-state index in [0.717, 1.165) is 4.90 Å². The zero-order chi connectivity index (χ0) is 15.3. The molecule has 0 spiro atoms. The first-order chi connectivity index (χ1) is 9.24. The third-order valence-corrected chi connectivity index (χ3v) is 2.33. The van der Waals surface area contributed by atoms with Gasteiger partial charge in [0, 0.05) is 19.7 Å². The minimum atomic E-state index is -4.73. The molecule has 0 saturated carbocycles. The Labute approximate surface area is 113 Å². The van der Waals surface area contributed by atoms with Gasteiger partial charge in [-0.05, 0) is 6.42 Å². The van der Waals surface area contributed by atoms with Crippen LogP contribution in [-0.4, -0.2) is 36.5 Å².